The van der Waals surface area contributed by atoms with Crippen molar-refractivity contribution < 1.29 is 19.8 Å². The Kier molecular flexibility index (Phi) is 4.27. The van der Waals surface area contributed by atoms with Crippen LogP contribution in [-0.4, -0.2) is 48.4 Å². The number of aliphatic hydroxyl groups is 1. The molecule has 0 radical (unpaired) electrons. The smallest absolute Gasteiger partial charge is 0.350 e. The summed E-state index contributed by atoms with van der Waals surface area (Å²) in [4.78, 5) is 34.3. The molecule has 0 aliphatic rings. The molecule has 1 amide bonds. The Hall–Kier alpha value is -2.68. The first-order chi connectivity index (χ1) is 10.3. The zero-order chi connectivity index (χ0) is 16.3. The third-order valence-electron chi connectivity index (χ3n) is 3.13. The minimum atomic E-state index is -2.03. The van der Waals surface area contributed by atoms with E-state index in [1.165, 1.54) is 4.40 Å². The molecule has 22 heavy (non-hydrogen) atoms. The van der Waals surface area contributed by atoms with Crippen LogP contribution in [0.2, 0.25) is 0 Å². The van der Waals surface area contributed by atoms with E-state index in [4.69, 9.17) is 5.11 Å². The minimum absolute atomic E-state index is 0.0561. The van der Waals surface area contributed by atoms with Gasteiger partial charge >= 0.3 is 11.7 Å². The summed E-state index contributed by atoms with van der Waals surface area (Å²) in [7, 11) is 0. The molecule has 9 heteroatoms. The Morgan fingerprint density at radius 2 is 2.14 bits per heavy atom. The van der Waals surface area contributed by atoms with Crippen LogP contribution >= 0.6 is 0 Å². The van der Waals surface area contributed by atoms with Crippen LogP contribution in [0, 0.1) is 0 Å². The van der Waals surface area contributed by atoms with Crippen LogP contribution in [0.1, 0.15) is 13.3 Å². The normalized spacial score (nSPS) is 13.7. The van der Waals surface area contributed by atoms with Crippen LogP contribution in [0.15, 0.2) is 29.2 Å². The first-order valence-corrected chi connectivity index (χ1v) is 6.58. The summed E-state index contributed by atoms with van der Waals surface area (Å²) >= 11 is 0. The highest BCUT2D eigenvalue weighted by Crippen LogP contribution is 2.01. The van der Waals surface area contributed by atoms with E-state index in [1.807, 2.05) is 0 Å². The van der Waals surface area contributed by atoms with Crippen molar-refractivity contribution >= 4 is 17.5 Å². The number of nitrogens with zero attached hydrogens (tertiary/aromatic N) is 3. The van der Waals surface area contributed by atoms with Gasteiger partial charge < -0.3 is 15.5 Å². The van der Waals surface area contributed by atoms with Gasteiger partial charge in [0.2, 0.25) is 5.91 Å². The summed E-state index contributed by atoms with van der Waals surface area (Å²) in [6, 6.07) is 5.11. The zero-order valence-corrected chi connectivity index (χ0v) is 11.9. The van der Waals surface area contributed by atoms with Gasteiger partial charge in [-0.3, -0.25) is 9.20 Å². The highest BCUT2D eigenvalue weighted by molar-refractivity contribution is 5.80. The molecular formula is C13H16N4O5. The van der Waals surface area contributed by atoms with E-state index in [-0.39, 0.29) is 18.7 Å². The fourth-order valence-electron chi connectivity index (χ4n) is 1.76. The molecule has 0 fully saturated rings. The number of aromatic nitrogens is 3. The average Bonchev–Trinajstić information content (AvgIpc) is 2.80. The molecule has 9 nitrogen and oxygen atoms in total. The number of carbonyl (C=O) groups excluding carboxylic acids is 1. The maximum absolute atomic E-state index is 12.0. The largest absolute Gasteiger partial charge is 0.479 e. The van der Waals surface area contributed by atoms with Crippen LogP contribution in [0.5, 0.6) is 0 Å². The van der Waals surface area contributed by atoms with Crippen LogP contribution in [0.4, 0.5) is 0 Å². The fourth-order valence-corrected chi connectivity index (χ4v) is 1.76. The Bertz CT molecular complexity index is 761. The molecule has 2 aromatic rings. The molecule has 0 aliphatic heterocycles. The lowest BCUT2D eigenvalue weighted by molar-refractivity contribution is -0.156. The summed E-state index contributed by atoms with van der Waals surface area (Å²) in [5, 5.41) is 24.6. The van der Waals surface area contributed by atoms with E-state index in [1.54, 1.807) is 24.4 Å². The SMILES string of the molecule is CC(O)(CNC(=O)CCn1nc2ccccn2c1=O)C(=O)O. The number of aryl methyl sites for hydroxylation is 1. The lowest BCUT2D eigenvalue weighted by Crippen LogP contribution is -2.46. The molecule has 0 spiro atoms. The van der Waals surface area contributed by atoms with Crippen molar-refractivity contribution in [3.63, 3.8) is 0 Å². The Labute approximate surface area is 124 Å². The maximum atomic E-state index is 12.0. The van der Waals surface area contributed by atoms with Crippen LogP contribution in [-0.2, 0) is 16.1 Å². The number of hydrogen-bond donors (Lipinski definition) is 3. The molecule has 118 valence electrons. The van der Waals surface area contributed by atoms with Crippen molar-refractivity contribution in [2.45, 2.75) is 25.5 Å². The van der Waals surface area contributed by atoms with E-state index in [2.05, 4.69) is 10.4 Å². The molecule has 0 bridgehead atoms. The second-order valence-electron chi connectivity index (χ2n) is 5.04. The topological polar surface area (TPSA) is 126 Å². The van der Waals surface area contributed by atoms with Gasteiger partial charge in [-0.15, -0.1) is 5.10 Å². The molecule has 2 aromatic heterocycles. The van der Waals surface area contributed by atoms with Crippen molar-refractivity contribution in [1.82, 2.24) is 19.5 Å². The number of nitrogens with one attached hydrogen (secondary N) is 1. The molecule has 2 rings (SSSR count). The van der Waals surface area contributed by atoms with Gasteiger partial charge in [0.25, 0.3) is 0 Å². The molecule has 0 aromatic carbocycles. The number of carbonyl (C=O) groups is 2. The number of amides is 1. The second kappa shape index (κ2) is 5.98. The second-order valence-corrected chi connectivity index (χ2v) is 5.04. The molecule has 3 N–H and O–H groups in total. The zero-order valence-electron chi connectivity index (χ0n) is 11.9. The summed E-state index contributed by atoms with van der Waals surface area (Å²) in [5.74, 6) is -1.91. The van der Waals surface area contributed by atoms with Crippen molar-refractivity contribution in [3.05, 3.63) is 34.9 Å². The Balaban J connectivity index is 1.95. The molecule has 0 saturated heterocycles. The number of aliphatic carboxylic acids is 1. The first kappa shape index (κ1) is 15.7. The summed E-state index contributed by atoms with van der Waals surface area (Å²) in [5.41, 5.74) is -1.92. The number of rotatable bonds is 6. The Morgan fingerprint density at radius 3 is 2.77 bits per heavy atom. The van der Waals surface area contributed by atoms with Gasteiger partial charge in [0, 0.05) is 12.6 Å². The predicted molar refractivity (Wildman–Crippen MR) is 75.3 cm³/mol. The molecule has 2 heterocycles. The molecule has 1 atom stereocenters. The monoisotopic (exact) mass is 308 g/mol. The molecule has 0 aliphatic carbocycles. The predicted octanol–water partition coefficient (Wildman–Crippen LogP) is -1.16. The van der Waals surface area contributed by atoms with Gasteiger partial charge in [-0.1, -0.05) is 6.07 Å². The van der Waals surface area contributed by atoms with Gasteiger partial charge in [-0.2, -0.15) is 0 Å². The van der Waals surface area contributed by atoms with Crippen molar-refractivity contribution in [3.8, 4) is 0 Å². The maximum Gasteiger partial charge on any atom is 0.350 e. The highest BCUT2D eigenvalue weighted by Gasteiger charge is 2.30. The van der Waals surface area contributed by atoms with Gasteiger partial charge in [0.15, 0.2) is 11.2 Å². The van der Waals surface area contributed by atoms with E-state index >= 15 is 0 Å². The van der Waals surface area contributed by atoms with Crippen LogP contribution < -0.4 is 11.0 Å². The number of pyridine rings is 1. The third-order valence-corrected chi connectivity index (χ3v) is 3.13. The summed E-state index contributed by atoms with van der Waals surface area (Å²) in [6.45, 7) is 0.727. The third kappa shape index (κ3) is 3.31. The number of fused-ring (bicyclic) bond motifs is 1. The minimum Gasteiger partial charge on any atom is -0.479 e. The average molecular weight is 308 g/mol. The number of carboxylic acid groups (broad SMARTS) is 1. The van der Waals surface area contributed by atoms with Crippen LogP contribution in [0.3, 0.4) is 0 Å². The quantitative estimate of drug-likeness (QED) is 0.618. The van der Waals surface area contributed by atoms with E-state index in [9.17, 15) is 19.5 Å². The van der Waals surface area contributed by atoms with Gasteiger partial charge in [0.1, 0.15) is 0 Å². The number of carboxylic acids is 1. The number of hydrogen-bond acceptors (Lipinski definition) is 5. The molecule has 1 unspecified atom stereocenters. The fraction of sp³-hybridized carbons (Fsp3) is 0.385. The van der Waals surface area contributed by atoms with Crippen molar-refractivity contribution in [2.75, 3.05) is 6.54 Å². The highest BCUT2D eigenvalue weighted by atomic mass is 16.4. The van der Waals surface area contributed by atoms with Crippen molar-refractivity contribution in [2.24, 2.45) is 0 Å². The van der Waals surface area contributed by atoms with Gasteiger partial charge in [-0.05, 0) is 19.1 Å². The van der Waals surface area contributed by atoms with Gasteiger partial charge in [0.05, 0.1) is 13.1 Å². The van der Waals surface area contributed by atoms with E-state index < -0.39 is 24.0 Å². The summed E-state index contributed by atoms with van der Waals surface area (Å²) in [6.07, 6.45) is 1.52. The van der Waals surface area contributed by atoms with Crippen LogP contribution in [0.25, 0.3) is 5.65 Å². The van der Waals surface area contributed by atoms with Gasteiger partial charge in [-0.25, -0.2) is 14.3 Å². The Morgan fingerprint density at radius 1 is 1.41 bits per heavy atom. The summed E-state index contributed by atoms with van der Waals surface area (Å²) < 4.78 is 2.51. The standard InChI is InChI=1S/C13H16N4O5/c1-13(22,11(19)20)8-14-10(18)5-7-17-12(21)16-6-3-2-4-9(16)15-17/h2-4,6,22H,5,7-8H2,1H3,(H,14,18)(H,19,20). The van der Waals surface area contributed by atoms with Crippen molar-refractivity contribution in [1.29, 1.82) is 0 Å². The van der Waals surface area contributed by atoms with E-state index in [0.717, 1.165) is 11.6 Å². The lowest BCUT2D eigenvalue weighted by Gasteiger charge is -2.18. The lowest BCUT2D eigenvalue weighted by atomic mass is 10.1. The molecular weight excluding hydrogens is 292 g/mol. The van der Waals surface area contributed by atoms with E-state index in [0.29, 0.717) is 5.65 Å². The molecule has 0 saturated carbocycles. The first-order valence-electron chi connectivity index (χ1n) is 6.58.